The molecular weight excluding hydrogens is 558 g/mol. The summed E-state index contributed by atoms with van der Waals surface area (Å²) >= 11 is 0. The van der Waals surface area contributed by atoms with Crippen LogP contribution in [0.3, 0.4) is 0 Å². The summed E-state index contributed by atoms with van der Waals surface area (Å²) in [5.74, 6) is -2.42. The van der Waals surface area contributed by atoms with Gasteiger partial charge in [0.05, 0.1) is 0 Å². The molecule has 0 bridgehead atoms. The lowest BCUT2D eigenvalue weighted by atomic mass is 9.97. The van der Waals surface area contributed by atoms with E-state index in [2.05, 4.69) is 22.8 Å². The molecule has 0 unspecified atom stereocenters. The third-order valence-corrected chi connectivity index (χ3v) is 8.83. The number of alkyl carbamates (subject to hydrolysis) is 1. The van der Waals surface area contributed by atoms with Gasteiger partial charge in [0, 0.05) is 18.9 Å². The Morgan fingerprint density at radius 1 is 0.909 bits per heavy atom. The molecule has 0 aromatic heterocycles. The van der Waals surface area contributed by atoms with Crippen LogP contribution < -0.4 is 10.6 Å². The van der Waals surface area contributed by atoms with Crippen LogP contribution in [0.2, 0.25) is 0 Å². The summed E-state index contributed by atoms with van der Waals surface area (Å²) in [5, 5.41) is 15.3. The van der Waals surface area contributed by atoms with Gasteiger partial charge in [-0.05, 0) is 46.6 Å². The second kappa shape index (κ2) is 13.8. The quantitative estimate of drug-likeness (QED) is 0.293. The van der Waals surface area contributed by atoms with Crippen LogP contribution in [0.15, 0.2) is 78.9 Å². The Bertz CT molecular complexity index is 1460. The Morgan fingerprint density at radius 2 is 1.52 bits per heavy atom. The van der Waals surface area contributed by atoms with Gasteiger partial charge in [0.2, 0.25) is 11.8 Å². The first-order chi connectivity index (χ1) is 21.3. The summed E-state index contributed by atoms with van der Waals surface area (Å²) in [4.78, 5) is 53.7. The van der Waals surface area contributed by atoms with Crippen molar-refractivity contribution in [1.82, 2.24) is 15.5 Å². The number of fused-ring (bicyclic) bond motifs is 3. The number of nitrogens with zero attached hydrogens (tertiary/aromatic N) is 1. The molecule has 0 spiro atoms. The van der Waals surface area contributed by atoms with Gasteiger partial charge >= 0.3 is 12.1 Å². The fourth-order valence-corrected chi connectivity index (χ4v) is 6.27. The van der Waals surface area contributed by atoms with Crippen molar-refractivity contribution in [3.05, 3.63) is 95.6 Å². The number of aliphatic carboxylic acids is 1. The highest BCUT2D eigenvalue weighted by molar-refractivity contribution is 5.93. The number of carboxylic acids is 1. The first-order valence-electron chi connectivity index (χ1n) is 15.3. The molecule has 1 aliphatic heterocycles. The van der Waals surface area contributed by atoms with E-state index >= 15 is 0 Å². The Balaban J connectivity index is 1.29. The molecule has 5 rings (SSSR count). The Morgan fingerprint density at radius 3 is 2.14 bits per heavy atom. The number of benzene rings is 3. The number of nitrogens with one attached hydrogen (secondary N) is 2. The van der Waals surface area contributed by atoms with Crippen molar-refractivity contribution < 1.29 is 29.0 Å². The second-order valence-corrected chi connectivity index (χ2v) is 11.6. The molecule has 3 amide bonds. The molecule has 4 atom stereocenters. The normalized spacial score (nSPS) is 17.6. The highest BCUT2D eigenvalue weighted by atomic mass is 16.5. The molecule has 1 aliphatic carbocycles. The number of ether oxygens (including phenoxy) is 1. The number of hydrogen-bond acceptors (Lipinski definition) is 5. The molecule has 0 saturated carbocycles. The summed E-state index contributed by atoms with van der Waals surface area (Å²) < 4.78 is 5.71. The van der Waals surface area contributed by atoms with Gasteiger partial charge in [-0.3, -0.25) is 9.59 Å². The molecule has 0 radical (unpaired) electrons. The lowest BCUT2D eigenvalue weighted by Crippen LogP contribution is -2.57. The third-order valence-electron chi connectivity index (χ3n) is 8.83. The number of rotatable bonds is 11. The number of hydrogen-bond donors (Lipinski definition) is 3. The zero-order chi connectivity index (χ0) is 31.2. The van der Waals surface area contributed by atoms with Crippen molar-refractivity contribution >= 4 is 23.9 Å². The minimum absolute atomic E-state index is 0.107. The molecule has 3 aromatic rings. The van der Waals surface area contributed by atoms with Gasteiger partial charge in [-0.2, -0.15) is 0 Å². The van der Waals surface area contributed by atoms with Crippen LogP contribution in [-0.2, 0) is 25.5 Å². The van der Waals surface area contributed by atoms with Crippen molar-refractivity contribution in [1.29, 1.82) is 0 Å². The van der Waals surface area contributed by atoms with Crippen LogP contribution in [0.5, 0.6) is 0 Å². The monoisotopic (exact) mass is 597 g/mol. The molecule has 9 nitrogen and oxygen atoms in total. The summed E-state index contributed by atoms with van der Waals surface area (Å²) in [6.45, 7) is 4.18. The first-order valence-corrected chi connectivity index (χ1v) is 15.3. The Labute approximate surface area is 257 Å². The van der Waals surface area contributed by atoms with E-state index in [1.54, 1.807) is 0 Å². The standard InChI is InChI=1S/C35H39N3O6/c1-3-22(2)31(37-35(43)44-21-28-26-16-9-7-14-24(26)25-15-8-10-17-27(25)28)32(39)36-29(20-23-12-5-4-6-13-23)33(40)38-19-11-18-30(38)34(41)42/h4-10,12-17,22,28-31H,3,11,18-21H2,1-2H3,(H,36,39)(H,37,43)(H,41,42)/t22-,29-,30-,31-/m0/s1. The van der Waals surface area contributed by atoms with Crippen LogP contribution in [0.1, 0.15) is 55.7 Å². The van der Waals surface area contributed by atoms with Gasteiger partial charge in [0.15, 0.2) is 0 Å². The summed E-state index contributed by atoms with van der Waals surface area (Å²) in [5.41, 5.74) is 5.22. The van der Waals surface area contributed by atoms with Crippen LogP contribution in [0.25, 0.3) is 11.1 Å². The Hall–Kier alpha value is -4.66. The average molecular weight is 598 g/mol. The topological polar surface area (TPSA) is 125 Å². The molecule has 3 N–H and O–H groups in total. The highest BCUT2D eigenvalue weighted by Crippen LogP contribution is 2.44. The van der Waals surface area contributed by atoms with E-state index in [0.717, 1.165) is 27.8 Å². The van der Waals surface area contributed by atoms with Crippen molar-refractivity contribution in [2.75, 3.05) is 13.2 Å². The largest absolute Gasteiger partial charge is 0.480 e. The lowest BCUT2D eigenvalue weighted by molar-refractivity contribution is -0.149. The van der Waals surface area contributed by atoms with Gasteiger partial charge in [0.1, 0.15) is 24.7 Å². The van der Waals surface area contributed by atoms with E-state index in [1.165, 1.54) is 4.90 Å². The number of carbonyl (C=O) groups excluding carboxylic acids is 3. The highest BCUT2D eigenvalue weighted by Gasteiger charge is 2.39. The average Bonchev–Trinajstić information content (AvgIpc) is 3.66. The van der Waals surface area contributed by atoms with E-state index in [4.69, 9.17) is 4.74 Å². The number of carbonyl (C=O) groups is 4. The first kappa shape index (κ1) is 30.8. The molecule has 2 aliphatic rings. The number of likely N-dealkylation sites (tertiary alicyclic amines) is 1. The van der Waals surface area contributed by atoms with Crippen molar-refractivity contribution in [3.8, 4) is 11.1 Å². The van der Waals surface area contributed by atoms with Gasteiger partial charge in [-0.25, -0.2) is 9.59 Å². The van der Waals surface area contributed by atoms with Crippen molar-refractivity contribution in [2.24, 2.45) is 5.92 Å². The maximum Gasteiger partial charge on any atom is 0.407 e. The number of amides is 3. The van der Waals surface area contributed by atoms with E-state index < -0.39 is 42.0 Å². The SMILES string of the molecule is CC[C@H](C)[C@H](NC(=O)OCC1c2ccccc2-c2ccccc21)C(=O)N[C@@H](Cc1ccccc1)C(=O)N1CCC[C@H]1C(=O)O. The molecular formula is C35H39N3O6. The molecule has 9 heteroatoms. The van der Waals surface area contributed by atoms with Gasteiger partial charge in [-0.15, -0.1) is 0 Å². The molecule has 230 valence electrons. The fourth-order valence-electron chi connectivity index (χ4n) is 6.27. The fraction of sp³-hybridized carbons (Fsp3) is 0.371. The predicted molar refractivity (Wildman–Crippen MR) is 166 cm³/mol. The van der Waals surface area contributed by atoms with Crippen LogP contribution in [0.4, 0.5) is 4.79 Å². The zero-order valence-corrected chi connectivity index (χ0v) is 25.1. The van der Waals surface area contributed by atoms with Gasteiger partial charge < -0.3 is 25.4 Å². The van der Waals surface area contributed by atoms with E-state index in [9.17, 15) is 24.3 Å². The zero-order valence-electron chi connectivity index (χ0n) is 25.1. The maximum atomic E-state index is 13.7. The lowest BCUT2D eigenvalue weighted by Gasteiger charge is -2.30. The minimum Gasteiger partial charge on any atom is -0.480 e. The summed E-state index contributed by atoms with van der Waals surface area (Å²) in [6, 6.07) is 22.5. The predicted octanol–water partition coefficient (Wildman–Crippen LogP) is 4.74. The summed E-state index contributed by atoms with van der Waals surface area (Å²) in [6.07, 6.45) is 1.00. The van der Waals surface area contributed by atoms with E-state index in [1.807, 2.05) is 80.6 Å². The van der Waals surface area contributed by atoms with E-state index in [-0.39, 0.29) is 24.9 Å². The summed E-state index contributed by atoms with van der Waals surface area (Å²) in [7, 11) is 0. The van der Waals surface area contributed by atoms with Gasteiger partial charge in [0.25, 0.3) is 0 Å². The van der Waals surface area contributed by atoms with Crippen LogP contribution >= 0.6 is 0 Å². The third kappa shape index (κ3) is 6.61. The van der Waals surface area contributed by atoms with Crippen LogP contribution in [0, 0.1) is 5.92 Å². The second-order valence-electron chi connectivity index (χ2n) is 11.6. The Kier molecular flexibility index (Phi) is 9.62. The van der Waals surface area contributed by atoms with Crippen molar-refractivity contribution in [2.45, 2.75) is 63.6 Å². The maximum absolute atomic E-state index is 13.7. The molecule has 3 aromatic carbocycles. The van der Waals surface area contributed by atoms with E-state index in [0.29, 0.717) is 25.8 Å². The molecule has 1 heterocycles. The smallest absolute Gasteiger partial charge is 0.407 e. The molecule has 1 saturated heterocycles. The van der Waals surface area contributed by atoms with Crippen LogP contribution in [-0.4, -0.2) is 65.2 Å². The van der Waals surface area contributed by atoms with Crippen molar-refractivity contribution in [3.63, 3.8) is 0 Å². The number of carboxylic acid groups (broad SMARTS) is 1. The molecule has 1 fully saturated rings. The minimum atomic E-state index is -1.06. The molecule has 44 heavy (non-hydrogen) atoms. The van der Waals surface area contributed by atoms with Gasteiger partial charge in [-0.1, -0.05) is 99.1 Å².